The van der Waals surface area contributed by atoms with E-state index in [1.165, 1.54) is 33.0 Å². The molecule has 1 aliphatic rings. The van der Waals surface area contributed by atoms with Gasteiger partial charge in [0.2, 0.25) is 0 Å². The molecule has 0 bridgehead atoms. The van der Waals surface area contributed by atoms with Crippen LogP contribution in [-0.2, 0) is 6.54 Å². The summed E-state index contributed by atoms with van der Waals surface area (Å²) in [5.41, 5.74) is 5.23. The Morgan fingerprint density at radius 3 is 2.30 bits per heavy atom. The first kappa shape index (κ1) is 16.0. The number of fused-ring (bicyclic) bond motifs is 2. The van der Waals surface area contributed by atoms with Crippen LogP contribution in [0.4, 0.5) is 5.69 Å². The summed E-state index contributed by atoms with van der Waals surface area (Å²) in [5, 5.41) is 2.58. The summed E-state index contributed by atoms with van der Waals surface area (Å²) >= 11 is 0. The van der Waals surface area contributed by atoms with Crippen LogP contribution in [0, 0.1) is 0 Å². The van der Waals surface area contributed by atoms with Crippen molar-refractivity contribution in [1.82, 2.24) is 0 Å². The Kier molecular flexibility index (Phi) is 4.02. The zero-order chi connectivity index (χ0) is 18.1. The van der Waals surface area contributed by atoms with Crippen molar-refractivity contribution in [1.29, 1.82) is 0 Å². The summed E-state index contributed by atoms with van der Waals surface area (Å²) in [6.45, 7) is 1.12. The number of rotatable bonds is 3. The SMILES string of the molecule is C1=Cc2ccccc2N(Cc2ccccc2)B1c1ccc2ccccc2c1. The van der Waals surface area contributed by atoms with Crippen LogP contribution in [-0.4, -0.2) is 6.85 Å². The summed E-state index contributed by atoms with van der Waals surface area (Å²) in [5.74, 6) is 2.33. The van der Waals surface area contributed by atoms with Crippen LogP contribution in [0.2, 0.25) is 0 Å². The molecular formula is C25H20BN. The first-order chi connectivity index (χ1) is 13.4. The van der Waals surface area contributed by atoms with Gasteiger partial charge in [-0.05, 0) is 28.0 Å². The Morgan fingerprint density at radius 1 is 0.667 bits per heavy atom. The third-order valence-electron chi connectivity index (χ3n) is 5.35. The predicted octanol–water partition coefficient (Wildman–Crippen LogP) is 5.31. The molecule has 1 heterocycles. The number of hydrogen-bond donors (Lipinski definition) is 0. The standard InChI is InChI=1S/C25H20BN/c1-2-8-20(9-3-1)19-27-25-13-7-6-11-22(25)16-17-26(27)24-15-14-21-10-4-5-12-23(21)18-24/h1-18H,19H2. The van der Waals surface area contributed by atoms with E-state index in [1.807, 2.05) is 0 Å². The van der Waals surface area contributed by atoms with Crippen molar-refractivity contribution < 1.29 is 0 Å². The van der Waals surface area contributed by atoms with E-state index in [-0.39, 0.29) is 6.85 Å². The minimum Gasteiger partial charge on any atom is -0.403 e. The maximum absolute atomic E-state index is 2.51. The minimum absolute atomic E-state index is 0.227. The molecule has 5 rings (SSSR count). The lowest BCUT2D eigenvalue weighted by Crippen LogP contribution is -2.48. The smallest absolute Gasteiger partial charge is 0.316 e. The van der Waals surface area contributed by atoms with Crippen molar-refractivity contribution in [3.8, 4) is 0 Å². The largest absolute Gasteiger partial charge is 0.403 e. The normalized spacial score (nSPS) is 13.0. The van der Waals surface area contributed by atoms with Gasteiger partial charge in [0, 0.05) is 12.2 Å². The van der Waals surface area contributed by atoms with E-state index in [9.17, 15) is 0 Å². The molecule has 0 fully saturated rings. The van der Waals surface area contributed by atoms with E-state index in [4.69, 9.17) is 0 Å². The van der Waals surface area contributed by atoms with Gasteiger partial charge in [0.15, 0.2) is 0 Å². The van der Waals surface area contributed by atoms with E-state index >= 15 is 0 Å². The Morgan fingerprint density at radius 2 is 1.41 bits per heavy atom. The predicted molar refractivity (Wildman–Crippen MR) is 117 cm³/mol. The second-order valence-corrected chi connectivity index (χ2v) is 7.08. The van der Waals surface area contributed by atoms with Gasteiger partial charge in [0.05, 0.1) is 0 Å². The molecule has 0 saturated heterocycles. The summed E-state index contributed by atoms with van der Waals surface area (Å²) < 4.78 is 0. The van der Waals surface area contributed by atoms with Crippen LogP contribution in [0.1, 0.15) is 11.1 Å². The Bertz CT molecular complexity index is 1120. The fourth-order valence-electron chi connectivity index (χ4n) is 3.99. The van der Waals surface area contributed by atoms with E-state index in [2.05, 4.69) is 114 Å². The highest BCUT2D eigenvalue weighted by Gasteiger charge is 2.28. The highest BCUT2D eigenvalue weighted by molar-refractivity contribution is 6.82. The maximum atomic E-state index is 2.51. The first-order valence-electron chi connectivity index (χ1n) is 9.45. The molecular weight excluding hydrogens is 325 g/mol. The third-order valence-corrected chi connectivity index (χ3v) is 5.35. The first-order valence-corrected chi connectivity index (χ1v) is 9.45. The van der Waals surface area contributed by atoms with Gasteiger partial charge in [-0.25, -0.2) is 0 Å². The molecule has 4 aromatic carbocycles. The molecule has 1 nitrogen and oxygen atoms in total. The van der Waals surface area contributed by atoms with Gasteiger partial charge in [-0.2, -0.15) is 0 Å². The third kappa shape index (κ3) is 3.04. The van der Waals surface area contributed by atoms with Crippen LogP contribution in [0.5, 0.6) is 0 Å². The maximum Gasteiger partial charge on any atom is 0.316 e. The molecule has 0 unspecified atom stereocenters. The van der Waals surface area contributed by atoms with Gasteiger partial charge in [-0.1, -0.05) is 109 Å². The molecule has 128 valence electrons. The van der Waals surface area contributed by atoms with Crippen LogP contribution in [0.15, 0.2) is 103 Å². The minimum atomic E-state index is 0.227. The van der Waals surface area contributed by atoms with Crippen LogP contribution >= 0.6 is 0 Å². The zero-order valence-corrected chi connectivity index (χ0v) is 15.1. The highest BCUT2D eigenvalue weighted by Crippen LogP contribution is 2.29. The molecule has 4 aromatic rings. The Hall–Kier alpha value is -3.26. The highest BCUT2D eigenvalue weighted by atomic mass is 15.1. The molecule has 2 heteroatoms. The van der Waals surface area contributed by atoms with Crippen molar-refractivity contribution in [2.75, 3.05) is 4.81 Å². The lowest BCUT2D eigenvalue weighted by Gasteiger charge is -2.34. The average molecular weight is 345 g/mol. The molecule has 27 heavy (non-hydrogen) atoms. The van der Waals surface area contributed by atoms with Crippen LogP contribution in [0.3, 0.4) is 0 Å². The molecule has 0 radical (unpaired) electrons. The fraction of sp³-hybridized carbons (Fsp3) is 0.0400. The van der Waals surface area contributed by atoms with Crippen LogP contribution in [0.25, 0.3) is 16.8 Å². The van der Waals surface area contributed by atoms with Gasteiger partial charge < -0.3 is 4.81 Å². The molecule has 0 spiro atoms. The van der Waals surface area contributed by atoms with E-state index in [0.29, 0.717) is 0 Å². The number of nitrogens with zero attached hydrogens (tertiary/aromatic N) is 1. The molecule has 0 N–H and O–H groups in total. The monoisotopic (exact) mass is 345 g/mol. The van der Waals surface area contributed by atoms with Crippen molar-refractivity contribution in [2.24, 2.45) is 0 Å². The fourth-order valence-corrected chi connectivity index (χ4v) is 3.99. The van der Waals surface area contributed by atoms with Crippen molar-refractivity contribution in [2.45, 2.75) is 6.54 Å². The van der Waals surface area contributed by atoms with Gasteiger partial charge in [-0.15, -0.1) is 0 Å². The summed E-state index contributed by atoms with van der Waals surface area (Å²) in [6, 6.07) is 34.8. The van der Waals surface area contributed by atoms with Crippen LogP contribution < -0.4 is 10.3 Å². The Balaban J connectivity index is 1.60. The summed E-state index contributed by atoms with van der Waals surface area (Å²) in [6.07, 6.45) is 2.26. The van der Waals surface area contributed by atoms with Gasteiger partial charge in [0.25, 0.3) is 0 Å². The van der Waals surface area contributed by atoms with Gasteiger partial charge in [-0.3, -0.25) is 0 Å². The molecule has 0 amide bonds. The number of anilines is 1. The molecule has 0 aliphatic carbocycles. The second-order valence-electron chi connectivity index (χ2n) is 7.08. The van der Waals surface area contributed by atoms with E-state index in [0.717, 1.165) is 6.54 Å². The molecule has 0 saturated carbocycles. The number of para-hydroxylation sites is 1. The van der Waals surface area contributed by atoms with Crippen molar-refractivity contribution in [3.05, 3.63) is 114 Å². The topological polar surface area (TPSA) is 3.24 Å². The molecule has 1 aliphatic heterocycles. The summed E-state index contributed by atoms with van der Waals surface area (Å²) in [7, 11) is 0. The number of benzene rings is 4. The molecule has 0 aromatic heterocycles. The van der Waals surface area contributed by atoms with Gasteiger partial charge >= 0.3 is 6.85 Å². The summed E-state index contributed by atoms with van der Waals surface area (Å²) in [4.78, 5) is 2.51. The van der Waals surface area contributed by atoms with E-state index < -0.39 is 0 Å². The average Bonchev–Trinajstić information content (AvgIpc) is 2.74. The zero-order valence-electron chi connectivity index (χ0n) is 15.1. The number of hydrogen-bond acceptors (Lipinski definition) is 1. The van der Waals surface area contributed by atoms with E-state index in [1.54, 1.807) is 0 Å². The lowest BCUT2D eigenvalue weighted by molar-refractivity contribution is 1.02. The Labute approximate surface area is 160 Å². The lowest BCUT2D eigenvalue weighted by atomic mass is 9.52. The quantitative estimate of drug-likeness (QED) is 0.455. The second kappa shape index (κ2) is 6.81. The molecule has 0 atom stereocenters. The van der Waals surface area contributed by atoms with Crippen molar-refractivity contribution >= 4 is 34.8 Å². The van der Waals surface area contributed by atoms with Gasteiger partial charge in [0.1, 0.15) is 0 Å². The van der Waals surface area contributed by atoms with Crippen molar-refractivity contribution in [3.63, 3.8) is 0 Å².